The summed E-state index contributed by atoms with van der Waals surface area (Å²) >= 11 is 0. The van der Waals surface area contributed by atoms with Gasteiger partial charge in [0.25, 0.3) is 0 Å². The maximum absolute atomic E-state index is 6.32. The fourth-order valence-corrected chi connectivity index (χ4v) is 3.98. The first kappa shape index (κ1) is 12.9. The van der Waals surface area contributed by atoms with Gasteiger partial charge < -0.3 is 10.1 Å². The Morgan fingerprint density at radius 1 is 1.11 bits per heavy atom. The largest absolute Gasteiger partial charge is 0.372 e. The molecule has 3 rings (SSSR count). The smallest absolute Gasteiger partial charge is 0.0835 e. The molecule has 2 aliphatic carbocycles. The number of ether oxygens (including phenoxy) is 1. The van der Waals surface area contributed by atoms with E-state index in [1.165, 1.54) is 51.4 Å². The molecule has 1 saturated heterocycles. The first-order valence-electron chi connectivity index (χ1n) is 7.97. The van der Waals surface area contributed by atoms with Gasteiger partial charge in [0, 0.05) is 12.6 Å². The minimum absolute atomic E-state index is 0.184. The topological polar surface area (TPSA) is 21.3 Å². The van der Waals surface area contributed by atoms with Crippen molar-refractivity contribution < 1.29 is 4.74 Å². The van der Waals surface area contributed by atoms with Gasteiger partial charge in [-0.3, -0.25) is 0 Å². The van der Waals surface area contributed by atoms with Crippen molar-refractivity contribution in [2.24, 2.45) is 11.3 Å². The molecule has 3 aliphatic rings. The fraction of sp³-hybridized carbons (Fsp3) is 1.00. The van der Waals surface area contributed by atoms with Crippen molar-refractivity contribution in [3.05, 3.63) is 0 Å². The summed E-state index contributed by atoms with van der Waals surface area (Å²) in [7, 11) is 0. The normalized spacial score (nSPS) is 35.3. The summed E-state index contributed by atoms with van der Waals surface area (Å²) in [5, 5.41) is 3.78. The van der Waals surface area contributed by atoms with E-state index in [9.17, 15) is 0 Å². The molecule has 1 heterocycles. The van der Waals surface area contributed by atoms with Gasteiger partial charge in [-0.15, -0.1) is 0 Å². The molecule has 0 radical (unpaired) electrons. The molecule has 0 aromatic heterocycles. The van der Waals surface area contributed by atoms with Crippen molar-refractivity contribution in [2.75, 3.05) is 13.2 Å². The minimum Gasteiger partial charge on any atom is -0.372 e. The van der Waals surface area contributed by atoms with E-state index < -0.39 is 0 Å². The summed E-state index contributed by atoms with van der Waals surface area (Å²) in [6, 6.07) is 0.632. The van der Waals surface area contributed by atoms with Crippen molar-refractivity contribution in [1.82, 2.24) is 5.32 Å². The molecule has 104 valence electrons. The Kier molecular flexibility index (Phi) is 3.44. The van der Waals surface area contributed by atoms with Crippen molar-refractivity contribution >= 4 is 0 Å². The molecule has 0 bridgehead atoms. The van der Waals surface area contributed by atoms with E-state index in [0.29, 0.717) is 11.5 Å². The molecule has 2 nitrogen and oxygen atoms in total. The van der Waals surface area contributed by atoms with Gasteiger partial charge in [-0.2, -0.15) is 0 Å². The Balaban J connectivity index is 1.66. The molecule has 2 saturated carbocycles. The summed E-state index contributed by atoms with van der Waals surface area (Å²) in [5.74, 6) is 0.982. The SMILES string of the molecule is CC1(C)CCC2(CC1)OCCNC2CC1CCC1. The third kappa shape index (κ3) is 2.46. The lowest BCUT2D eigenvalue weighted by Crippen LogP contribution is -2.60. The Hall–Kier alpha value is -0.0800. The quantitative estimate of drug-likeness (QED) is 0.811. The first-order chi connectivity index (χ1) is 8.60. The van der Waals surface area contributed by atoms with Crippen LogP contribution in [-0.4, -0.2) is 24.8 Å². The standard InChI is InChI=1S/C16H29NO/c1-15(2)6-8-16(9-7-15)14(17-10-11-18-16)12-13-4-3-5-13/h13-14,17H,3-12H2,1-2H3. The third-order valence-electron chi connectivity index (χ3n) is 5.76. The van der Waals surface area contributed by atoms with E-state index in [2.05, 4.69) is 19.2 Å². The highest BCUT2D eigenvalue weighted by molar-refractivity contribution is 5.01. The number of hydrogen-bond donors (Lipinski definition) is 1. The van der Waals surface area contributed by atoms with Crippen molar-refractivity contribution in [3.8, 4) is 0 Å². The lowest BCUT2D eigenvalue weighted by molar-refractivity contribution is -0.136. The second-order valence-electron chi connectivity index (χ2n) is 7.62. The van der Waals surface area contributed by atoms with Crippen LogP contribution in [0, 0.1) is 11.3 Å². The molecule has 1 unspecified atom stereocenters. The van der Waals surface area contributed by atoms with E-state index in [1.54, 1.807) is 0 Å². The average Bonchev–Trinajstić information content (AvgIpc) is 2.30. The van der Waals surface area contributed by atoms with E-state index in [1.807, 2.05) is 0 Å². The molecule has 1 aliphatic heterocycles. The van der Waals surface area contributed by atoms with E-state index >= 15 is 0 Å². The lowest BCUT2D eigenvalue weighted by Gasteiger charge is -2.51. The second kappa shape index (κ2) is 4.79. The van der Waals surface area contributed by atoms with Crippen LogP contribution in [0.5, 0.6) is 0 Å². The summed E-state index contributed by atoms with van der Waals surface area (Å²) in [6.07, 6.45) is 10.9. The minimum atomic E-state index is 0.184. The van der Waals surface area contributed by atoms with Gasteiger partial charge in [-0.1, -0.05) is 33.1 Å². The highest BCUT2D eigenvalue weighted by atomic mass is 16.5. The van der Waals surface area contributed by atoms with Crippen molar-refractivity contribution in [3.63, 3.8) is 0 Å². The van der Waals surface area contributed by atoms with Crippen LogP contribution in [0.4, 0.5) is 0 Å². The van der Waals surface area contributed by atoms with Crippen LogP contribution >= 0.6 is 0 Å². The van der Waals surface area contributed by atoms with Crippen LogP contribution in [0.15, 0.2) is 0 Å². The monoisotopic (exact) mass is 251 g/mol. The predicted molar refractivity (Wildman–Crippen MR) is 74.7 cm³/mol. The second-order valence-corrected chi connectivity index (χ2v) is 7.62. The van der Waals surface area contributed by atoms with Crippen LogP contribution in [0.2, 0.25) is 0 Å². The molecule has 18 heavy (non-hydrogen) atoms. The number of rotatable bonds is 2. The van der Waals surface area contributed by atoms with Crippen LogP contribution < -0.4 is 5.32 Å². The van der Waals surface area contributed by atoms with Gasteiger partial charge in [0.15, 0.2) is 0 Å². The number of nitrogens with one attached hydrogen (secondary N) is 1. The Morgan fingerprint density at radius 3 is 2.44 bits per heavy atom. The Labute approximate surface area is 112 Å². The zero-order valence-corrected chi connectivity index (χ0v) is 12.1. The molecule has 2 heteroatoms. The summed E-state index contributed by atoms with van der Waals surface area (Å²) in [5.41, 5.74) is 0.719. The number of hydrogen-bond acceptors (Lipinski definition) is 2. The maximum Gasteiger partial charge on any atom is 0.0835 e. The van der Waals surface area contributed by atoms with Crippen molar-refractivity contribution in [2.45, 2.75) is 76.9 Å². The molecule has 1 atom stereocenters. The molecule has 1 N–H and O–H groups in total. The highest BCUT2D eigenvalue weighted by Gasteiger charge is 2.47. The predicted octanol–water partition coefficient (Wildman–Crippen LogP) is 3.50. The van der Waals surface area contributed by atoms with Gasteiger partial charge >= 0.3 is 0 Å². The van der Waals surface area contributed by atoms with E-state index in [-0.39, 0.29) is 5.60 Å². The van der Waals surface area contributed by atoms with Gasteiger partial charge in [0.1, 0.15) is 0 Å². The molecule has 3 fully saturated rings. The average molecular weight is 251 g/mol. The summed E-state index contributed by atoms with van der Waals surface area (Å²) in [6.45, 7) is 6.80. The number of morpholine rings is 1. The van der Waals surface area contributed by atoms with Crippen LogP contribution in [0.1, 0.15) is 65.2 Å². The van der Waals surface area contributed by atoms with Crippen molar-refractivity contribution in [1.29, 1.82) is 0 Å². The van der Waals surface area contributed by atoms with Gasteiger partial charge in [-0.25, -0.2) is 0 Å². The molecule has 0 aromatic carbocycles. The first-order valence-corrected chi connectivity index (χ1v) is 7.97. The summed E-state index contributed by atoms with van der Waals surface area (Å²) in [4.78, 5) is 0. The summed E-state index contributed by atoms with van der Waals surface area (Å²) < 4.78 is 6.32. The van der Waals surface area contributed by atoms with Crippen LogP contribution in [-0.2, 0) is 4.74 Å². The highest BCUT2D eigenvalue weighted by Crippen LogP contribution is 2.46. The zero-order valence-electron chi connectivity index (χ0n) is 12.1. The molecule has 0 amide bonds. The van der Waals surface area contributed by atoms with Crippen LogP contribution in [0.3, 0.4) is 0 Å². The maximum atomic E-state index is 6.32. The van der Waals surface area contributed by atoms with Crippen LogP contribution in [0.25, 0.3) is 0 Å². The zero-order chi connectivity index (χ0) is 12.6. The fourth-order valence-electron chi connectivity index (χ4n) is 3.98. The lowest BCUT2D eigenvalue weighted by atomic mass is 9.66. The van der Waals surface area contributed by atoms with E-state index in [0.717, 1.165) is 19.1 Å². The van der Waals surface area contributed by atoms with Gasteiger partial charge in [0.05, 0.1) is 12.2 Å². The molecular formula is C16H29NO. The molecule has 0 aromatic rings. The van der Waals surface area contributed by atoms with Gasteiger partial charge in [-0.05, 0) is 43.4 Å². The van der Waals surface area contributed by atoms with E-state index in [4.69, 9.17) is 4.74 Å². The molecular weight excluding hydrogens is 222 g/mol. The molecule has 1 spiro atoms. The third-order valence-corrected chi connectivity index (χ3v) is 5.76. The van der Waals surface area contributed by atoms with Gasteiger partial charge in [0.2, 0.25) is 0 Å². The Bertz CT molecular complexity index is 285. The Morgan fingerprint density at radius 2 is 1.83 bits per heavy atom.